The summed E-state index contributed by atoms with van der Waals surface area (Å²) in [7, 11) is 0. The molecule has 1 saturated heterocycles. The SMILES string of the molecule is C=CCNC(=O)CN1CCN(C(=O)c2oc3ccccc3c2CSc2ncccn2)CC1. The Bertz CT molecular complexity index is 1090. The molecule has 166 valence electrons. The van der Waals surface area contributed by atoms with Crippen molar-refractivity contribution in [1.82, 2.24) is 25.1 Å². The van der Waals surface area contributed by atoms with Crippen LogP contribution in [0.4, 0.5) is 0 Å². The summed E-state index contributed by atoms with van der Waals surface area (Å²) in [6.07, 6.45) is 5.06. The van der Waals surface area contributed by atoms with Gasteiger partial charge in [0, 0.05) is 61.8 Å². The van der Waals surface area contributed by atoms with Crippen LogP contribution in [0.3, 0.4) is 0 Å². The van der Waals surface area contributed by atoms with E-state index in [4.69, 9.17) is 4.42 Å². The topological polar surface area (TPSA) is 91.6 Å². The van der Waals surface area contributed by atoms with Crippen molar-refractivity contribution in [3.8, 4) is 0 Å². The molecule has 9 heteroatoms. The van der Waals surface area contributed by atoms with Gasteiger partial charge in [-0.25, -0.2) is 9.97 Å². The Hall–Kier alpha value is -3.17. The summed E-state index contributed by atoms with van der Waals surface area (Å²) in [4.78, 5) is 37.6. The van der Waals surface area contributed by atoms with Gasteiger partial charge in [0.1, 0.15) is 5.58 Å². The van der Waals surface area contributed by atoms with Gasteiger partial charge in [0.15, 0.2) is 10.9 Å². The zero-order valence-corrected chi connectivity index (χ0v) is 18.5. The lowest BCUT2D eigenvalue weighted by Crippen LogP contribution is -2.51. The van der Waals surface area contributed by atoms with Crippen molar-refractivity contribution in [3.63, 3.8) is 0 Å². The first kappa shape index (κ1) is 22.0. The molecule has 32 heavy (non-hydrogen) atoms. The van der Waals surface area contributed by atoms with E-state index < -0.39 is 0 Å². The van der Waals surface area contributed by atoms with Crippen LogP contribution in [0.5, 0.6) is 0 Å². The van der Waals surface area contributed by atoms with E-state index in [9.17, 15) is 9.59 Å². The number of hydrogen-bond acceptors (Lipinski definition) is 7. The van der Waals surface area contributed by atoms with Crippen LogP contribution in [0, 0.1) is 0 Å². The molecule has 1 aliphatic heterocycles. The molecular formula is C23H25N5O3S. The third-order valence-electron chi connectivity index (χ3n) is 5.25. The van der Waals surface area contributed by atoms with E-state index in [-0.39, 0.29) is 11.8 Å². The molecule has 0 unspecified atom stereocenters. The van der Waals surface area contributed by atoms with Gasteiger partial charge in [0.05, 0.1) is 6.54 Å². The molecule has 0 aliphatic carbocycles. The maximum atomic E-state index is 13.4. The van der Waals surface area contributed by atoms with Crippen molar-refractivity contribution >= 4 is 34.5 Å². The summed E-state index contributed by atoms with van der Waals surface area (Å²) < 4.78 is 6.01. The maximum Gasteiger partial charge on any atom is 0.290 e. The normalized spacial score (nSPS) is 14.4. The van der Waals surface area contributed by atoms with Gasteiger partial charge in [-0.3, -0.25) is 14.5 Å². The summed E-state index contributed by atoms with van der Waals surface area (Å²) in [5.74, 6) is 0.740. The van der Waals surface area contributed by atoms with Crippen LogP contribution in [-0.2, 0) is 10.5 Å². The molecule has 1 aromatic carbocycles. The molecule has 1 aliphatic rings. The summed E-state index contributed by atoms with van der Waals surface area (Å²) in [6.45, 7) is 6.73. The number of nitrogens with zero attached hydrogens (tertiary/aromatic N) is 4. The van der Waals surface area contributed by atoms with Gasteiger partial charge in [-0.05, 0) is 12.1 Å². The molecule has 0 spiro atoms. The second kappa shape index (κ2) is 10.4. The number of aromatic nitrogens is 2. The van der Waals surface area contributed by atoms with Crippen LogP contribution in [-0.4, -0.2) is 70.9 Å². The second-order valence-electron chi connectivity index (χ2n) is 7.39. The van der Waals surface area contributed by atoms with Crippen molar-refractivity contribution in [3.05, 3.63) is 66.7 Å². The van der Waals surface area contributed by atoms with Gasteiger partial charge in [-0.2, -0.15) is 0 Å². The third-order valence-corrected chi connectivity index (χ3v) is 6.15. The largest absolute Gasteiger partial charge is 0.451 e. The maximum absolute atomic E-state index is 13.4. The van der Waals surface area contributed by atoms with Gasteiger partial charge in [0.2, 0.25) is 5.91 Å². The molecule has 2 amide bonds. The molecule has 3 aromatic rings. The standard InChI is InChI=1S/C23H25N5O3S/c1-2-8-24-20(29)15-27-11-13-28(14-12-27)22(30)21-18(16-32-23-25-9-5-10-26-23)17-6-3-4-7-19(17)31-21/h2-7,9-10H,1,8,11-16H2,(H,24,29). The summed E-state index contributed by atoms with van der Waals surface area (Å²) >= 11 is 1.47. The average molecular weight is 452 g/mol. The molecule has 1 N–H and O–H groups in total. The van der Waals surface area contributed by atoms with Crippen LogP contribution < -0.4 is 5.32 Å². The zero-order chi connectivity index (χ0) is 22.3. The molecule has 0 saturated carbocycles. The van der Waals surface area contributed by atoms with Crippen LogP contribution in [0.2, 0.25) is 0 Å². The van der Waals surface area contributed by atoms with Crippen molar-refractivity contribution < 1.29 is 14.0 Å². The minimum atomic E-state index is -0.124. The lowest BCUT2D eigenvalue weighted by atomic mass is 10.1. The van der Waals surface area contributed by atoms with Crippen LogP contribution in [0.25, 0.3) is 11.0 Å². The number of carbonyl (C=O) groups excluding carboxylic acids is 2. The number of furan rings is 1. The van der Waals surface area contributed by atoms with E-state index in [0.29, 0.717) is 61.5 Å². The Balaban J connectivity index is 1.45. The smallest absolute Gasteiger partial charge is 0.290 e. The molecule has 0 radical (unpaired) electrons. The Kier molecular flexibility index (Phi) is 7.18. The third kappa shape index (κ3) is 5.17. The number of thioether (sulfide) groups is 1. The number of piperazine rings is 1. The van der Waals surface area contributed by atoms with E-state index in [2.05, 4.69) is 21.9 Å². The highest BCUT2D eigenvalue weighted by Crippen LogP contribution is 2.31. The number of para-hydroxylation sites is 1. The highest BCUT2D eigenvalue weighted by molar-refractivity contribution is 7.98. The first-order valence-corrected chi connectivity index (χ1v) is 11.4. The fourth-order valence-corrected chi connectivity index (χ4v) is 4.44. The van der Waals surface area contributed by atoms with Gasteiger partial charge >= 0.3 is 0 Å². The number of rotatable bonds is 8. The van der Waals surface area contributed by atoms with Gasteiger partial charge in [-0.15, -0.1) is 6.58 Å². The number of nitrogens with one attached hydrogen (secondary N) is 1. The Morgan fingerprint density at radius 1 is 1.12 bits per heavy atom. The molecular weight excluding hydrogens is 426 g/mol. The minimum Gasteiger partial charge on any atom is -0.451 e. The monoisotopic (exact) mass is 451 g/mol. The molecule has 1 fully saturated rings. The van der Waals surface area contributed by atoms with Crippen LogP contribution >= 0.6 is 11.8 Å². The Morgan fingerprint density at radius 2 is 1.88 bits per heavy atom. The molecule has 3 heterocycles. The summed E-state index contributed by atoms with van der Waals surface area (Å²) in [5, 5.41) is 4.36. The molecule has 0 atom stereocenters. The van der Waals surface area contributed by atoms with E-state index >= 15 is 0 Å². The van der Waals surface area contributed by atoms with E-state index in [1.165, 1.54) is 11.8 Å². The highest BCUT2D eigenvalue weighted by atomic mass is 32.2. The summed E-state index contributed by atoms with van der Waals surface area (Å²) in [6, 6.07) is 9.45. The van der Waals surface area contributed by atoms with Crippen molar-refractivity contribution in [2.24, 2.45) is 0 Å². The predicted octanol–water partition coefficient (Wildman–Crippen LogP) is 2.58. The number of hydrogen-bond donors (Lipinski definition) is 1. The van der Waals surface area contributed by atoms with Crippen molar-refractivity contribution in [2.45, 2.75) is 10.9 Å². The second-order valence-corrected chi connectivity index (χ2v) is 8.33. The number of amides is 2. The quantitative estimate of drug-likeness (QED) is 0.320. The zero-order valence-electron chi connectivity index (χ0n) is 17.7. The van der Waals surface area contributed by atoms with E-state index in [0.717, 1.165) is 10.9 Å². The first-order valence-electron chi connectivity index (χ1n) is 10.4. The highest BCUT2D eigenvalue weighted by Gasteiger charge is 2.28. The summed E-state index contributed by atoms with van der Waals surface area (Å²) in [5.41, 5.74) is 1.55. The number of benzene rings is 1. The van der Waals surface area contributed by atoms with Crippen LogP contribution in [0.1, 0.15) is 16.1 Å². The lowest BCUT2D eigenvalue weighted by Gasteiger charge is -2.34. The molecule has 2 aromatic heterocycles. The van der Waals surface area contributed by atoms with Crippen molar-refractivity contribution in [1.29, 1.82) is 0 Å². The lowest BCUT2D eigenvalue weighted by molar-refractivity contribution is -0.122. The van der Waals surface area contributed by atoms with Gasteiger partial charge < -0.3 is 14.6 Å². The number of fused-ring (bicyclic) bond motifs is 1. The van der Waals surface area contributed by atoms with Crippen molar-refractivity contribution in [2.75, 3.05) is 39.3 Å². The first-order chi connectivity index (χ1) is 15.7. The Morgan fingerprint density at radius 3 is 2.62 bits per heavy atom. The Labute approximate surface area is 190 Å². The van der Waals surface area contributed by atoms with E-state index in [1.807, 2.05) is 29.2 Å². The fraction of sp³-hybridized carbons (Fsp3) is 0.304. The number of carbonyl (C=O) groups is 2. The predicted molar refractivity (Wildman–Crippen MR) is 123 cm³/mol. The molecule has 4 rings (SSSR count). The minimum absolute atomic E-state index is 0.0376. The average Bonchev–Trinajstić information content (AvgIpc) is 3.20. The van der Waals surface area contributed by atoms with Gasteiger partial charge in [-0.1, -0.05) is 36.0 Å². The fourth-order valence-electron chi connectivity index (χ4n) is 3.61. The molecule has 0 bridgehead atoms. The van der Waals surface area contributed by atoms with Crippen LogP contribution in [0.15, 0.2) is 65.0 Å². The van der Waals surface area contributed by atoms with Gasteiger partial charge in [0.25, 0.3) is 5.91 Å². The van der Waals surface area contributed by atoms with E-state index in [1.54, 1.807) is 29.4 Å². The molecule has 8 nitrogen and oxygen atoms in total.